The van der Waals surface area contributed by atoms with Crippen LogP contribution in [0.2, 0.25) is 5.02 Å². The van der Waals surface area contributed by atoms with Gasteiger partial charge in [0.05, 0.1) is 18.0 Å². The van der Waals surface area contributed by atoms with Crippen LogP contribution >= 0.6 is 11.6 Å². The molecule has 0 aliphatic carbocycles. The molecule has 2 aromatic rings. The molecule has 24 heavy (non-hydrogen) atoms. The van der Waals surface area contributed by atoms with Gasteiger partial charge in [-0.05, 0) is 30.7 Å². The molecule has 0 heterocycles. The summed E-state index contributed by atoms with van der Waals surface area (Å²) in [5.74, 6) is -0.392. The summed E-state index contributed by atoms with van der Waals surface area (Å²) in [5.41, 5.74) is 1.30. The highest BCUT2D eigenvalue weighted by atomic mass is 35.5. The number of nitrogens with zero attached hydrogens (tertiary/aromatic N) is 1. The lowest BCUT2D eigenvalue weighted by atomic mass is 10.1. The maximum atomic E-state index is 12.3. The van der Waals surface area contributed by atoms with E-state index in [2.05, 4.69) is 5.32 Å². The van der Waals surface area contributed by atoms with Gasteiger partial charge in [0.1, 0.15) is 6.54 Å². The Bertz CT molecular complexity index is 810. The normalized spacial score (nSPS) is 12.5. The molecular formula is C17H19ClN2O3S. The number of carbonyl (C=O) groups is 1. The molecule has 1 atom stereocenters. The fourth-order valence-electron chi connectivity index (χ4n) is 2.27. The van der Waals surface area contributed by atoms with E-state index in [-0.39, 0.29) is 12.6 Å². The number of benzene rings is 2. The van der Waals surface area contributed by atoms with Crippen molar-refractivity contribution in [3.63, 3.8) is 0 Å². The van der Waals surface area contributed by atoms with Crippen LogP contribution in [0.5, 0.6) is 0 Å². The van der Waals surface area contributed by atoms with Crippen molar-refractivity contribution in [2.24, 2.45) is 0 Å². The zero-order valence-electron chi connectivity index (χ0n) is 13.4. The molecule has 128 valence electrons. The molecule has 0 aliphatic heterocycles. The van der Waals surface area contributed by atoms with Crippen LogP contribution in [0.25, 0.3) is 0 Å². The molecule has 0 fully saturated rings. The first kappa shape index (κ1) is 18.3. The first-order valence-electron chi connectivity index (χ1n) is 7.35. The Labute approximate surface area is 147 Å². The lowest BCUT2D eigenvalue weighted by molar-refractivity contribution is -0.120. The minimum absolute atomic E-state index is 0.223. The van der Waals surface area contributed by atoms with E-state index in [9.17, 15) is 13.2 Å². The molecule has 2 aromatic carbocycles. The second-order valence-electron chi connectivity index (χ2n) is 5.45. The van der Waals surface area contributed by atoms with Crippen molar-refractivity contribution in [2.45, 2.75) is 13.0 Å². The van der Waals surface area contributed by atoms with Gasteiger partial charge in [0.15, 0.2) is 0 Å². The van der Waals surface area contributed by atoms with E-state index >= 15 is 0 Å². The zero-order chi connectivity index (χ0) is 17.7. The SMILES string of the molecule is CC(NC(=O)CN(c1cccc(Cl)c1)S(C)(=O)=O)c1ccccc1. The van der Waals surface area contributed by atoms with Crippen LogP contribution < -0.4 is 9.62 Å². The van der Waals surface area contributed by atoms with E-state index in [4.69, 9.17) is 11.6 Å². The third-order valence-corrected chi connectivity index (χ3v) is 4.84. The van der Waals surface area contributed by atoms with Gasteiger partial charge in [0, 0.05) is 5.02 Å². The van der Waals surface area contributed by atoms with Crippen molar-refractivity contribution in [2.75, 3.05) is 17.1 Å². The monoisotopic (exact) mass is 366 g/mol. The fraction of sp³-hybridized carbons (Fsp3) is 0.235. The van der Waals surface area contributed by atoms with Crippen molar-refractivity contribution in [3.8, 4) is 0 Å². The topological polar surface area (TPSA) is 66.5 Å². The Kier molecular flexibility index (Phi) is 5.85. The number of carbonyl (C=O) groups excluding carboxylic acids is 1. The summed E-state index contributed by atoms with van der Waals surface area (Å²) in [4.78, 5) is 12.3. The maximum absolute atomic E-state index is 12.3. The summed E-state index contributed by atoms with van der Waals surface area (Å²) >= 11 is 5.92. The Balaban J connectivity index is 2.14. The lowest BCUT2D eigenvalue weighted by Gasteiger charge is -2.23. The Morgan fingerprint density at radius 1 is 1.17 bits per heavy atom. The molecule has 1 amide bonds. The van der Waals surface area contributed by atoms with Gasteiger partial charge in [-0.2, -0.15) is 0 Å². The fourth-order valence-corrected chi connectivity index (χ4v) is 3.31. The Morgan fingerprint density at radius 3 is 2.42 bits per heavy atom. The highest BCUT2D eigenvalue weighted by Gasteiger charge is 2.22. The van der Waals surface area contributed by atoms with Crippen molar-refractivity contribution in [1.82, 2.24) is 5.32 Å². The highest BCUT2D eigenvalue weighted by molar-refractivity contribution is 7.92. The van der Waals surface area contributed by atoms with Crippen LogP contribution in [0, 0.1) is 0 Å². The molecule has 0 aromatic heterocycles. The average Bonchev–Trinajstić information content (AvgIpc) is 2.52. The van der Waals surface area contributed by atoms with Crippen molar-refractivity contribution in [1.29, 1.82) is 0 Å². The number of nitrogens with one attached hydrogen (secondary N) is 1. The van der Waals surface area contributed by atoms with E-state index in [1.165, 1.54) is 6.07 Å². The molecule has 0 radical (unpaired) electrons. The summed E-state index contributed by atoms with van der Waals surface area (Å²) in [6.45, 7) is 1.54. The van der Waals surface area contributed by atoms with Crippen LogP contribution in [0.1, 0.15) is 18.5 Å². The van der Waals surface area contributed by atoms with Crippen molar-refractivity contribution in [3.05, 3.63) is 65.2 Å². The van der Waals surface area contributed by atoms with Crippen molar-refractivity contribution < 1.29 is 13.2 Å². The third-order valence-electron chi connectivity index (χ3n) is 3.46. The van der Waals surface area contributed by atoms with Gasteiger partial charge in [-0.1, -0.05) is 48.0 Å². The van der Waals surface area contributed by atoms with Crippen LogP contribution in [0.3, 0.4) is 0 Å². The van der Waals surface area contributed by atoms with Gasteiger partial charge in [0.25, 0.3) is 0 Å². The standard InChI is InChI=1S/C17H19ClN2O3S/c1-13(14-7-4-3-5-8-14)19-17(21)12-20(24(2,22)23)16-10-6-9-15(18)11-16/h3-11,13H,12H2,1-2H3,(H,19,21). The predicted octanol–water partition coefficient (Wildman–Crippen LogP) is 2.98. The average molecular weight is 367 g/mol. The van der Waals surface area contributed by atoms with Crippen LogP contribution in [-0.2, 0) is 14.8 Å². The quantitative estimate of drug-likeness (QED) is 0.854. The molecule has 1 N–H and O–H groups in total. The summed E-state index contributed by atoms with van der Waals surface area (Å²) in [5, 5.41) is 3.21. The number of sulfonamides is 1. The minimum atomic E-state index is -3.62. The van der Waals surface area contributed by atoms with Gasteiger partial charge in [-0.25, -0.2) is 8.42 Å². The van der Waals surface area contributed by atoms with Gasteiger partial charge in [-0.15, -0.1) is 0 Å². The number of halogens is 1. The van der Waals surface area contributed by atoms with Crippen LogP contribution in [0.4, 0.5) is 5.69 Å². The van der Waals surface area contributed by atoms with E-state index in [0.717, 1.165) is 16.1 Å². The lowest BCUT2D eigenvalue weighted by Crippen LogP contribution is -2.41. The number of anilines is 1. The maximum Gasteiger partial charge on any atom is 0.241 e. The Hall–Kier alpha value is -2.05. The third kappa shape index (κ3) is 4.97. The van der Waals surface area contributed by atoms with Gasteiger partial charge in [0.2, 0.25) is 15.9 Å². The molecule has 7 heteroatoms. The Morgan fingerprint density at radius 2 is 1.83 bits per heavy atom. The molecule has 0 saturated carbocycles. The second-order valence-corrected chi connectivity index (χ2v) is 7.79. The first-order chi connectivity index (χ1) is 11.3. The van der Waals surface area contributed by atoms with Crippen LogP contribution in [0.15, 0.2) is 54.6 Å². The van der Waals surface area contributed by atoms with E-state index in [1.54, 1.807) is 18.2 Å². The number of amides is 1. The highest BCUT2D eigenvalue weighted by Crippen LogP contribution is 2.21. The molecule has 0 bridgehead atoms. The first-order valence-corrected chi connectivity index (χ1v) is 9.57. The van der Waals surface area contributed by atoms with Gasteiger partial charge < -0.3 is 5.32 Å². The zero-order valence-corrected chi connectivity index (χ0v) is 15.0. The summed E-state index contributed by atoms with van der Waals surface area (Å²) in [7, 11) is -3.62. The smallest absolute Gasteiger partial charge is 0.241 e. The summed E-state index contributed by atoms with van der Waals surface area (Å²) in [6.07, 6.45) is 1.06. The molecule has 0 aliphatic rings. The van der Waals surface area contributed by atoms with Gasteiger partial charge in [-0.3, -0.25) is 9.10 Å². The molecule has 5 nitrogen and oxygen atoms in total. The molecule has 2 rings (SSSR count). The van der Waals surface area contributed by atoms with E-state index in [0.29, 0.717) is 10.7 Å². The minimum Gasteiger partial charge on any atom is -0.348 e. The molecular weight excluding hydrogens is 348 g/mol. The van der Waals surface area contributed by atoms with Gasteiger partial charge >= 0.3 is 0 Å². The van der Waals surface area contributed by atoms with E-state index in [1.807, 2.05) is 37.3 Å². The van der Waals surface area contributed by atoms with E-state index < -0.39 is 15.9 Å². The number of hydrogen-bond donors (Lipinski definition) is 1. The van der Waals surface area contributed by atoms with Crippen molar-refractivity contribution >= 4 is 33.2 Å². The number of hydrogen-bond acceptors (Lipinski definition) is 3. The molecule has 0 saturated heterocycles. The largest absolute Gasteiger partial charge is 0.348 e. The molecule has 1 unspecified atom stereocenters. The molecule has 0 spiro atoms. The summed E-state index contributed by atoms with van der Waals surface area (Å²) in [6, 6.07) is 15.6. The van der Waals surface area contributed by atoms with Crippen LogP contribution in [-0.4, -0.2) is 27.1 Å². The summed E-state index contributed by atoms with van der Waals surface area (Å²) < 4.78 is 25.1. The second kappa shape index (κ2) is 7.68. The number of rotatable bonds is 6. The predicted molar refractivity (Wildman–Crippen MR) is 96.6 cm³/mol.